The van der Waals surface area contributed by atoms with Crippen LogP contribution in [0.25, 0.3) is 0 Å². The van der Waals surface area contributed by atoms with E-state index in [4.69, 9.17) is 5.11 Å². The highest BCUT2D eigenvalue weighted by atomic mass is 32.2. The van der Waals surface area contributed by atoms with Crippen molar-refractivity contribution in [3.8, 4) is 0 Å². The van der Waals surface area contributed by atoms with Crippen LogP contribution in [0.4, 0.5) is 0 Å². The van der Waals surface area contributed by atoms with Gasteiger partial charge in [-0.3, -0.25) is 0 Å². The molecule has 0 bridgehead atoms. The van der Waals surface area contributed by atoms with Crippen molar-refractivity contribution in [2.75, 3.05) is 0 Å². The van der Waals surface area contributed by atoms with Crippen molar-refractivity contribution in [2.45, 2.75) is 49.4 Å². The monoisotopic (exact) mass is 304 g/mol. The number of carboxylic acid groups (broad SMARTS) is 1. The Labute approximate surface area is 116 Å². The van der Waals surface area contributed by atoms with Crippen molar-refractivity contribution in [2.24, 2.45) is 0 Å². The number of aromatic nitrogens is 1. The highest BCUT2D eigenvalue weighted by molar-refractivity contribution is 7.91. The van der Waals surface area contributed by atoms with Gasteiger partial charge in [0, 0.05) is 12.1 Å². The molecule has 0 saturated carbocycles. The second-order valence-electron chi connectivity index (χ2n) is 4.76. The second kappa shape index (κ2) is 5.18. The van der Waals surface area contributed by atoms with Crippen LogP contribution in [-0.2, 0) is 10.0 Å². The summed E-state index contributed by atoms with van der Waals surface area (Å²) in [6, 6.07) is -0.227. The fourth-order valence-electron chi connectivity index (χ4n) is 2.53. The fourth-order valence-corrected chi connectivity index (χ4v) is 5.64. The number of carboxylic acids is 1. The predicted molar refractivity (Wildman–Crippen MR) is 70.9 cm³/mol. The van der Waals surface area contributed by atoms with Gasteiger partial charge in [0.25, 0.3) is 10.0 Å². The minimum atomic E-state index is -3.78. The Hall–Kier alpha value is -0.990. The van der Waals surface area contributed by atoms with Crippen molar-refractivity contribution in [3.63, 3.8) is 0 Å². The van der Waals surface area contributed by atoms with E-state index < -0.39 is 16.0 Å². The summed E-state index contributed by atoms with van der Waals surface area (Å²) in [6.07, 6.45) is 2.58. The molecule has 2 rings (SSSR count). The first-order chi connectivity index (χ1) is 8.85. The summed E-state index contributed by atoms with van der Waals surface area (Å²) in [4.78, 5) is 14.7. The van der Waals surface area contributed by atoms with Gasteiger partial charge in [-0.1, -0.05) is 6.42 Å². The van der Waals surface area contributed by atoms with Crippen LogP contribution in [0.1, 0.15) is 43.6 Å². The lowest BCUT2D eigenvalue weighted by Gasteiger charge is -2.37. The van der Waals surface area contributed by atoms with E-state index in [1.165, 1.54) is 9.82 Å². The number of nitrogens with zero attached hydrogens (tertiary/aromatic N) is 2. The Morgan fingerprint density at radius 3 is 2.53 bits per heavy atom. The Morgan fingerprint density at radius 2 is 2.00 bits per heavy atom. The second-order valence-corrected chi connectivity index (χ2v) is 7.65. The van der Waals surface area contributed by atoms with Gasteiger partial charge in [-0.2, -0.15) is 4.31 Å². The van der Waals surface area contributed by atoms with E-state index in [-0.39, 0.29) is 22.0 Å². The van der Waals surface area contributed by atoms with Gasteiger partial charge in [0.05, 0.1) is 5.51 Å². The molecule has 0 aliphatic carbocycles. The van der Waals surface area contributed by atoms with Gasteiger partial charge in [-0.05, 0) is 26.7 Å². The van der Waals surface area contributed by atoms with E-state index in [1.807, 2.05) is 13.8 Å². The maximum Gasteiger partial charge on any atom is 0.356 e. The number of sulfonamides is 1. The topological polar surface area (TPSA) is 87.6 Å². The number of carbonyl (C=O) groups is 1. The Kier molecular flexibility index (Phi) is 3.93. The van der Waals surface area contributed by atoms with Gasteiger partial charge in [-0.25, -0.2) is 18.2 Å². The highest BCUT2D eigenvalue weighted by Crippen LogP contribution is 2.32. The molecular weight excluding hydrogens is 288 g/mol. The third-order valence-corrected chi connectivity index (χ3v) is 6.84. The molecule has 2 atom stereocenters. The molecule has 1 saturated heterocycles. The summed E-state index contributed by atoms with van der Waals surface area (Å²) in [7, 11) is -3.78. The zero-order valence-corrected chi connectivity index (χ0v) is 12.4. The minimum Gasteiger partial charge on any atom is -0.476 e. The van der Waals surface area contributed by atoms with Crippen LogP contribution in [-0.4, -0.2) is 40.9 Å². The first kappa shape index (κ1) is 14.4. The molecule has 1 aromatic rings. The summed E-state index contributed by atoms with van der Waals surface area (Å²) in [5.74, 6) is -1.31. The Bertz CT molecular complexity index is 571. The van der Waals surface area contributed by atoms with E-state index in [0.717, 1.165) is 30.6 Å². The van der Waals surface area contributed by atoms with Crippen molar-refractivity contribution >= 4 is 27.3 Å². The lowest BCUT2D eigenvalue weighted by molar-refractivity contribution is 0.0686. The molecule has 1 aromatic heterocycles. The van der Waals surface area contributed by atoms with Gasteiger partial charge in [0.2, 0.25) is 0 Å². The molecule has 1 aliphatic heterocycles. The standard InChI is InChI=1S/C11H16N2O4S2/c1-7-4-3-5-8(2)13(7)19(16,17)11-9(10(14)15)12-6-18-11/h6-8H,3-5H2,1-2H3,(H,14,15)/t7-,8+. The summed E-state index contributed by atoms with van der Waals surface area (Å²) < 4.78 is 26.5. The minimum absolute atomic E-state index is 0.113. The Balaban J connectivity index is 2.47. The van der Waals surface area contributed by atoms with Gasteiger partial charge in [0.15, 0.2) is 9.90 Å². The van der Waals surface area contributed by atoms with Crippen LogP contribution < -0.4 is 0 Å². The average molecular weight is 304 g/mol. The number of thiazole rings is 1. The molecule has 0 radical (unpaired) electrons. The maximum absolute atomic E-state index is 12.6. The van der Waals surface area contributed by atoms with E-state index in [9.17, 15) is 13.2 Å². The van der Waals surface area contributed by atoms with Gasteiger partial charge < -0.3 is 5.11 Å². The first-order valence-corrected chi connectivity index (χ1v) is 8.38. The largest absolute Gasteiger partial charge is 0.476 e. The molecule has 106 valence electrons. The molecule has 0 amide bonds. The van der Waals surface area contributed by atoms with Crippen LogP contribution >= 0.6 is 11.3 Å². The summed E-state index contributed by atoms with van der Waals surface area (Å²) >= 11 is 0.861. The van der Waals surface area contributed by atoms with Crippen LogP contribution in [0.2, 0.25) is 0 Å². The van der Waals surface area contributed by atoms with Crippen molar-refractivity contribution in [1.29, 1.82) is 0 Å². The SMILES string of the molecule is C[C@@H]1CCC[C@H](C)N1S(=O)(=O)c1scnc1C(=O)O. The normalized spacial score (nSPS) is 25.4. The molecule has 0 unspecified atom stereocenters. The lowest BCUT2D eigenvalue weighted by Crippen LogP contribution is -2.47. The maximum atomic E-state index is 12.6. The molecule has 6 nitrogen and oxygen atoms in total. The quantitative estimate of drug-likeness (QED) is 0.920. The molecule has 0 aromatic carbocycles. The molecule has 0 spiro atoms. The fraction of sp³-hybridized carbons (Fsp3) is 0.636. The van der Waals surface area contributed by atoms with Crippen LogP contribution in [0.3, 0.4) is 0 Å². The van der Waals surface area contributed by atoms with Gasteiger partial charge >= 0.3 is 5.97 Å². The third kappa shape index (κ3) is 2.52. The first-order valence-electron chi connectivity index (χ1n) is 6.06. The molecule has 19 heavy (non-hydrogen) atoms. The molecule has 1 N–H and O–H groups in total. The summed E-state index contributed by atoms with van der Waals surface area (Å²) in [6.45, 7) is 3.71. The predicted octanol–water partition coefficient (Wildman–Crippen LogP) is 1.79. The summed E-state index contributed by atoms with van der Waals surface area (Å²) in [5.41, 5.74) is 0.880. The van der Waals surface area contributed by atoms with E-state index >= 15 is 0 Å². The molecule has 8 heteroatoms. The number of rotatable bonds is 3. The number of piperidine rings is 1. The van der Waals surface area contributed by atoms with E-state index in [0.29, 0.717) is 0 Å². The van der Waals surface area contributed by atoms with E-state index in [2.05, 4.69) is 4.98 Å². The number of hydrogen-bond donors (Lipinski definition) is 1. The van der Waals surface area contributed by atoms with Crippen molar-refractivity contribution < 1.29 is 18.3 Å². The third-order valence-electron chi connectivity index (χ3n) is 3.36. The van der Waals surface area contributed by atoms with Gasteiger partial charge in [0.1, 0.15) is 0 Å². The van der Waals surface area contributed by atoms with Crippen molar-refractivity contribution in [3.05, 3.63) is 11.2 Å². The van der Waals surface area contributed by atoms with Crippen molar-refractivity contribution in [1.82, 2.24) is 9.29 Å². The smallest absolute Gasteiger partial charge is 0.356 e. The molecule has 2 heterocycles. The molecular formula is C11H16N2O4S2. The molecule has 1 aliphatic rings. The molecule has 1 fully saturated rings. The van der Waals surface area contributed by atoms with Crippen LogP contribution in [0.5, 0.6) is 0 Å². The van der Waals surface area contributed by atoms with Crippen LogP contribution in [0, 0.1) is 0 Å². The number of hydrogen-bond acceptors (Lipinski definition) is 5. The average Bonchev–Trinajstić information content (AvgIpc) is 2.77. The van der Waals surface area contributed by atoms with Gasteiger partial charge in [-0.15, -0.1) is 11.3 Å². The lowest BCUT2D eigenvalue weighted by atomic mass is 10.0. The Morgan fingerprint density at radius 1 is 1.42 bits per heavy atom. The van der Waals surface area contributed by atoms with E-state index in [1.54, 1.807) is 0 Å². The zero-order chi connectivity index (χ0) is 14.2. The van der Waals surface area contributed by atoms with Crippen LogP contribution in [0.15, 0.2) is 9.72 Å². The number of aromatic carboxylic acids is 1. The zero-order valence-electron chi connectivity index (χ0n) is 10.7. The summed E-state index contributed by atoms with van der Waals surface area (Å²) in [5, 5.41) is 9.01. The highest BCUT2D eigenvalue weighted by Gasteiger charge is 2.39.